The van der Waals surface area contributed by atoms with Gasteiger partial charge < -0.3 is 9.47 Å². The van der Waals surface area contributed by atoms with Gasteiger partial charge in [-0.15, -0.1) is 0 Å². The summed E-state index contributed by atoms with van der Waals surface area (Å²) in [5, 5.41) is 0. The third-order valence-electron chi connectivity index (χ3n) is 3.88. The Hall–Kier alpha value is -1.39. The molecule has 1 aromatic carbocycles. The maximum absolute atomic E-state index is 11.6. The van der Waals surface area contributed by atoms with Crippen molar-refractivity contribution in [2.24, 2.45) is 0 Å². The van der Waals surface area contributed by atoms with Crippen LogP contribution in [0.15, 0.2) is 24.3 Å². The predicted octanol–water partition coefficient (Wildman–Crippen LogP) is 3.16. The number of carbonyl (C=O) groups excluding carboxylic acids is 1. The Morgan fingerprint density at radius 3 is 2.45 bits per heavy atom. The molecule has 0 unspecified atom stereocenters. The summed E-state index contributed by atoms with van der Waals surface area (Å²) in [4.78, 5) is 14.0. The number of Topliss-reactive ketones (excluding diaryl/α,β-unsaturated/α-hetero) is 1. The van der Waals surface area contributed by atoms with E-state index in [2.05, 4.69) is 18.7 Å². The third kappa shape index (κ3) is 5.11. The van der Waals surface area contributed by atoms with E-state index < -0.39 is 0 Å². The number of hydrogen-bond donors (Lipinski definition) is 0. The molecule has 1 aliphatic rings. The van der Waals surface area contributed by atoms with Gasteiger partial charge in [0.15, 0.2) is 5.78 Å². The van der Waals surface area contributed by atoms with Gasteiger partial charge in [0.1, 0.15) is 5.75 Å². The second kappa shape index (κ2) is 8.30. The number of nitrogens with zero attached hydrogens (tertiary/aromatic N) is 1. The van der Waals surface area contributed by atoms with Crippen molar-refractivity contribution in [2.75, 3.05) is 26.2 Å². The van der Waals surface area contributed by atoms with Gasteiger partial charge in [0.05, 0.1) is 18.8 Å². The van der Waals surface area contributed by atoms with E-state index >= 15 is 0 Å². The average Bonchev–Trinajstić information content (AvgIpc) is 2.50. The Bertz CT molecular complexity index is 462. The van der Waals surface area contributed by atoms with Crippen LogP contribution in [0.3, 0.4) is 0 Å². The molecular formula is C18H27NO3. The Balaban J connectivity index is 1.69. The fourth-order valence-electron chi connectivity index (χ4n) is 2.89. The molecule has 2 atom stereocenters. The minimum Gasteiger partial charge on any atom is -0.494 e. The van der Waals surface area contributed by atoms with E-state index in [1.807, 2.05) is 31.2 Å². The van der Waals surface area contributed by atoms with Crippen molar-refractivity contribution in [1.29, 1.82) is 0 Å². The first-order valence-corrected chi connectivity index (χ1v) is 8.22. The van der Waals surface area contributed by atoms with Crippen molar-refractivity contribution in [2.45, 2.75) is 45.8 Å². The summed E-state index contributed by atoms with van der Waals surface area (Å²) in [6, 6.07) is 7.43. The third-order valence-corrected chi connectivity index (χ3v) is 3.88. The van der Waals surface area contributed by atoms with Gasteiger partial charge in [-0.1, -0.05) is 6.92 Å². The number of ketones is 1. The second-order valence-corrected chi connectivity index (χ2v) is 6.02. The lowest BCUT2D eigenvalue weighted by Gasteiger charge is -2.35. The zero-order chi connectivity index (χ0) is 15.9. The van der Waals surface area contributed by atoms with Crippen molar-refractivity contribution >= 4 is 5.78 Å². The van der Waals surface area contributed by atoms with Crippen LogP contribution in [0, 0.1) is 0 Å². The number of ether oxygens (including phenoxy) is 2. The molecular weight excluding hydrogens is 278 g/mol. The zero-order valence-electron chi connectivity index (χ0n) is 13.9. The van der Waals surface area contributed by atoms with Crippen LogP contribution in [0.2, 0.25) is 0 Å². The standard InChI is InChI=1S/C18H27NO3/c1-4-18(20)16-6-8-17(9-7-16)21-11-5-10-19-12-14(2)22-15(3)13-19/h6-9,14-15H,4-5,10-13H2,1-3H3/t14-,15-/m0/s1. The normalized spacial score (nSPS) is 22.5. The second-order valence-electron chi connectivity index (χ2n) is 6.02. The van der Waals surface area contributed by atoms with Gasteiger partial charge in [-0.2, -0.15) is 0 Å². The Morgan fingerprint density at radius 1 is 1.23 bits per heavy atom. The molecule has 1 fully saturated rings. The van der Waals surface area contributed by atoms with Crippen LogP contribution in [0.5, 0.6) is 5.75 Å². The first kappa shape index (κ1) is 17.0. The predicted molar refractivity (Wildman–Crippen MR) is 87.6 cm³/mol. The lowest BCUT2D eigenvalue weighted by molar-refractivity contribution is -0.0686. The number of rotatable bonds is 7. The fourth-order valence-corrected chi connectivity index (χ4v) is 2.89. The number of carbonyl (C=O) groups is 1. The minimum absolute atomic E-state index is 0.169. The molecule has 4 heteroatoms. The highest BCUT2D eigenvalue weighted by molar-refractivity contribution is 5.95. The van der Waals surface area contributed by atoms with E-state index in [-0.39, 0.29) is 5.78 Å². The van der Waals surface area contributed by atoms with Crippen molar-refractivity contribution < 1.29 is 14.3 Å². The topological polar surface area (TPSA) is 38.8 Å². The van der Waals surface area contributed by atoms with Gasteiger partial charge in [-0.3, -0.25) is 9.69 Å². The molecule has 1 aliphatic heterocycles. The molecule has 0 radical (unpaired) electrons. The number of morpholine rings is 1. The summed E-state index contributed by atoms with van der Waals surface area (Å²) in [5.74, 6) is 0.999. The Morgan fingerprint density at radius 2 is 1.86 bits per heavy atom. The van der Waals surface area contributed by atoms with Crippen LogP contribution in [0.25, 0.3) is 0 Å². The average molecular weight is 305 g/mol. The summed E-state index contributed by atoms with van der Waals surface area (Å²) in [7, 11) is 0. The van der Waals surface area contributed by atoms with Gasteiger partial charge in [-0.05, 0) is 44.5 Å². The summed E-state index contributed by atoms with van der Waals surface area (Å²) >= 11 is 0. The fraction of sp³-hybridized carbons (Fsp3) is 0.611. The van der Waals surface area contributed by atoms with Crippen molar-refractivity contribution in [3.8, 4) is 5.75 Å². The van der Waals surface area contributed by atoms with Gasteiger partial charge in [0.25, 0.3) is 0 Å². The van der Waals surface area contributed by atoms with E-state index in [9.17, 15) is 4.79 Å². The summed E-state index contributed by atoms with van der Waals surface area (Å²) in [5.41, 5.74) is 0.756. The van der Waals surface area contributed by atoms with Crippen LogP contribution < -0.4 is 4.74 Å². The van der Waals surface area contributed by atoms with Gasteiger partial charge in [-0.25, -0.2) is 0 Å². The van der Waals surface area contributed by atoms with Crippen molar-refractivity contribution in [3.63, 3.8) is 0 Å². The van der Waals surface area contributed by atoms with Crippen LogP contribution in [-0.2, 0) is 4.74 Å². The molecule has 0 amide bonds. The van der Waals surface area contributed by atoms with E-state index in [1.54, 1.807) is 0 Å². The van der Waals surface area contributed by atoms with Gasteiger partial charge in [0.2, 0.25) is 0 Å². The molecule has 4 nitrogen and oxygen atoms in total. The lowest BCUT2D eigenvalue weighted by Crippen LogP contribution is -2.45. The first-order valence-electron chi connectivity index (χ1n) is 8.22. The lowest BCUT2D eigenvalue weighted by atomic mass is 10.1. The largest absolute Gasteiger partial charge is 0.494 e. The Labute approximate surface area is 133 Å². The van der Waals surface area contributed by atoms with Gasteiger partial charge in [0, 0.05) is 31.6 Å². The maximum Gasteiger partial charge on any atom is 0.162 e. The number of hydrogen-bond acceptors (Lipinski definition) is 4. The maximum atomic E-state index is 11.6. The molecule has 122 valence electrons. The van der Waals surface area contributed by atoms with Crippen LogP contribution >= 0.6 is 0 Å². The minimum atomic E-state index is 0.169. The first-order chi connectivity index (χ1) is 10.6. The summed E-state index contributed by atoms with van der Waals surface area (Å²) in [6.07, 6.45) is 2.16. The van der Waals surface area contributed by atoms with Crippen LogP contribution in [-0.4, -0.2) is 49.1 Å². The molecule has 0 N–H and O–H groups in total. The molecule has 0 aromatic heterocycles. The van der Waals surface area contributed by atoms with Crippen LogP contribution in [0.1, 0.15) is 44.0 Å². The van der Waals surface area contributed by atoms with Gasteiger partial charge >= 0.3 is 0 Å². The number of benzene rings is 1. The van der Waals surface area contributed by atoms with Crippen molar-refractivity contribution in [1.82, 2.24) is 4.90 Å². The molecule has 1 saturated heterocycles. The molecule has 1 aromatic rings. The quantitative estimate of drug-likeness (QED) is 0.573. The summed E-state index contributed by atoms with van der Waals surface area (Å²) in [6.45, 7) is 9.85. The molecule has 0 saturated carbocycles. The SMILES string of the molecule is CCC(=O)c1ccc(OCCCN2C[C@H](C)O[C@@H](C)C2)cc1. The smallest absolute Gasteiger partial charge is 0.162 e. The van der Waals surface area contributed by atoms with Crippen LogP contribution in [0.4, 0.5) is 0 Å². The molecule has 0 aliphatic carbocycles. The molecule has 0 bridgehead atoms. The van der Waals surface area contributed by atoms with E-state index in [0.29, 0.717) is 25.2 Å². The van der Waals surface area contributed by atoms with E-state index in [4.69, 9.17) is 9.47 Å². The zero-order valence-corrected chi connectivity index (χ0v) is 13.9. The van der Waals surface area contributed by atoms with Crippen molar-refractivity contribution in [3.05, 3.63) is 29.8 Å². The highest BCUT2D eigenvalue weighted by atomic mass is 16.5. The van der Waals surface area contributed by atoms with E-state index in [0.717, 1.165) is 37.4 Å². The highest BCUT2D eigenvalue weighted by Gasteiger charge is 2.21. The summed E-state index contributed by atoms with van der Waals surface area (Å²) < 4.78 is 11.5. The molecule has 2 rings (SSSR count). The van der Waals surface area contributed by atoms with E-state index in [1.165, 1.54) is 0 Å². The molecule has 0 spiro atoms. The molecule has 1 heterocycles. The highest BCUT2D eigenvalue weighted by Crippen LogP contribution is 2.14. The molecule has 22 heavy (non-hydrogen) atoms. The monoisotopic (exact) mass is 305 g/mol. The Kier molecular flexibility index (Phi) is 6.40.